The first-order valence-corrected chi connectivity index (χ1v) is 7.31. The molecular formula is C19H15N3. The van der Waals surface area contributed by atoms with Crippen LogP contribution in [0.2, 0.25) is 0 Å². The molecule has 4 aromatic rings. The lowest BCUT2D eigenvalue weighted by Crippen LogP contribution is -1.95. The van der Waals surface area contributed by atoms with Gasteiger partial charge in [0.1, 0.15) is 0 Å². The predicted octanol–water partition coefficient (Wildman–Crippen LogP) is 4.46. The summed E-state index contributed by atoms with van der Waals surface area (Å²) in [5.74, 6) is 0. The van der Waals surface area contributed by atoms with E-state index in [9.17, 15) is 0 Å². The lowest BCUT2D eigenvalue weighted by molar-refractivity contribution is 1.19. The van der Waals surface area contributed by atoms with Crippen LogP contribution in [0.5, 0.6) is 0 Å². The van der Waals surface area contributed by atoms with Crippen LogP contribution in [0.3, 0.4) is 0 Å². The van der Waals surface area contributed by atoms with Crippen molar-refractivity contribution in [1.29, 1.82) is 0 Å². The van der Waals surface area contributed by atoms with Crippen LogP contribution < -0.4 is 0 Å². The maximum absolute atomic E-state index is 4.90. The van der Waals surface area contributed by atoms with Gasteiger partial charge in [-0.2, -0.15) is 0 Å². The second-order valence-electron chi connectivity index (χ2n) is 5.53. The first-order chi connectivity index (χ1) is 10.7. The van der Waals surface area contributed by atoms with Gasteiger partial charge in [0, 0.05) is 17.1 Å². The monoisotopic (exact) mass is 285 g/mol. The Balaban J connectivity index is 2.05. The van der Waals surface area contributed by atoms with Crippen LogP contribution in [-0.2, 0) is 0 Å². The van der Waals surface area contributed by atoms with Crippen molar-refractivity contribution in [3.8, 4) is 11.3 Å². The van der Waals surface area contributed by atoms with Crippen molar-refractivity contribution in [2.75, 3.05) is 0 Å². The minimum atomic E-state index is 0.909. The van der Waals surface area contributed by atoms with Gasteiger partial charge in [-0.05, 0) is 38.1 Å². The second kappa shape index (κ2) is 4.88. The summed E-state index contributed by atoms with van der Waals surface area (Å²) >= 11 is 0. The van der Waals surface area contributed by atoms with Gasteiger partial charge in [0.15, 0.2) is 0 Å². The molecule has 0 unspecified atom stereocenters. The van der Waals surface area contributed by atoms with Gasteiger partial charge in [0.2, 0.25) is 0 Å². The molecule has 2 aromatic carbocycles. The summed E-state index contributed by atoms with van der Waals surface area (Å²) < 4.78 is 0. The third-order valence-corrected chi connectivity index (χ3v) is 3.91. The van der Waals surface area contributed by atoms with Crippen molar-refractivity contribution < 1.29 is 0 Å². The van der Waals surface area contributed by atoms with Crippen LogP contribution in [0.4, 0.5) is 0 Å². The van der Waals surface area contributed by atoms with Gasteiger partial charge in [-0.1, -0.05) is 29.8 Å². The van der Waals surface area contributed by atoms with Crippen molar-refractivity contribution in [2.45, 2.75) is 13.8 Å². The zero-order valence-electron chi connectivity index (χ0n) is 12.5. The van der Waals surface area contributed by atoms with Crippen LogP contribution in [0.1, 0.15) is 11.3 Å². The Bertz CT molecular complexity index is 989. The molecule has 3 nitrogen and oxygen atoms in total. The number of nitrogens with zero attached hydrogens (tertiary/aromatic N) is 3. The Kier molecular flexibility index (Phi) is 2.86. The summed E-state index contributed by atoms with van der Waals surface area (Å²) in [5.41, 5.74) is 6.98. The van der Waals surface area contributed by atoms with Gasteiger partial charge in [0.25, 0.3) is 0 Å². The Morgan fingerprint density at radius 2 is 1.55 bits per heavy atom. The van der Waals surface area contributed by atoms with E-state index in [-0.39, 0.29) is 0 Å². The Morgan fingerprint density at radius 3 is 2.36 bits per heavy atom. The van der Waals surface area contributed by atoms with E-state index in [0.717, 1.165) is 38.9 Å². The van der Waals surface area contributed by atoms with Crippen LogP contribution >= 0.6 is 0 Å². The number of hydrogen-bond acceptors (Lipinski definition) is 3. The highest BCUT2D eigenvalue weighted by Gasteiger charge is 2.10. The van der Waals surface area contributed by atoms with E-state index in [0.29, 0.717) is 0 Å². The second-order valence-corrected chi connectivity index (χ2v) is 5.53. The largest absolute Gasteiger partial charge is 0.256 e. The molecule has 3 heteroatoms. The van der Waals surface area contributed by atoms with Crippen molar-refractivity contribution in [2.24, 2.45) is 0 Å². The molecule has 0 atom stereocenters. The van der Waals surface area contributed by atoms with Crippen LogP contribution in [0, 0.1) is 13.8 Å². The highest BCUT2D eigenvalue weighted by Crippen LogP contribution is 2.27. The van der Waals surface area contributed by atoms with Crippen LogP contribution in [-0.4, -0.2) is 15.0 Å². The summed E-state index contributed by atoms with van der Waals surface area (Å²) in [6, 6.07) is 16.4. The maximum atomic E-state index is 4.90. The number of hydrogen-bond donors (Lipinski definition) is 0. The molecule has 0 aliphatic rings. The molecule has 0 radical (unpaired) electrons. The normalized spacial score (nSPS) is 11.2. The predicted molar refractivity (Wildman–Crippen MR) is 89.7 cm³/mol. The lowest BCUT2D eigenvalue weighted by atomic mass is 10.1. The highest BCUT2D eigenvalue weighted by atomic mass is 14.8. The van der Waals surface area contributed by atoms with E-state index < -0.39 is 0 Å². The molecule has 0 aliphatic carbocycles. The quantitative estimate of drug-likeness (QED) is 0.485. The van der Waals surface area contributed by atoms with Gasteiger partial charge in [-0.3, -0.25) is 4.98 Å². The first kappa shape index (κ1) is 12.9. The summed E-state index contributed by atoms with van der Waals surface area (Å²) in [6.45, 7) is 4.09. The van der Waals surface area contributed by atoms with Crippen molar-refractivity contribution >= 4 is 21.9 Å². The van der Waals surface area contributed by atoms with Crippen LogP contribution in [0.15, 0.2) is 54.7 Å². The minimum Gasteiger partial charge on any atom is -0.256 e. The molecule has 0 saturated carbocycles. The van der Waals surface area contributed by atoms with Gasteiger partial charge in [-0.15, -0.1) is 0 Å². The fourth-order valence-corrected chi connectivity index (χ4v) is 2.74. The van der Waals surface area contributed by atoms with Gasteiger partial charge >= 0.3 is 0 Å². The average Bonchev–Trinajstić information content (AvgIpc) is 2.55. The van der Waals surface area contributed by atoms with Crippen LogP contribution in [0.25, 0.3) is 33.2 Å². The van der Waals surface area contributed by atoms with Gasteiger partial charge in [-0.25, -0.2) is 9.97 Å². The third-order valence-electron chi connectivity index (χ3n) is 3.91. The number of benzene rings is 2. The van der Waals surface area contributed by atoms with Gasteiger partial charge in [0.05, 0.1) is 27.9 Å². The van der Waals surface area contributed by atoms with E-state index in [1.807, 2.05) is 31.2 Å². The molecule has 0 amide bonds. The smallest absolute Gasteiger partial charge is 0.0988 e. The zero-order chi connectivity index (χ0) is 15.1. The number of aryl methyl sites for hydroxylation is 2. The molecule has 4 rings (SSSR count). The molecule has 0 aliphatic heterocycles. The van der Waals surface area contributed by atoms with Crippen molar-refractivity contribution in [3.63, 3.8) is 0 Å². The number of fused-ring (bicyclic) bond motifs is 3. The molecule has 0 N–H and O–H groups in total. The van der Waals surface area contributed by atoms with Gasteiger partial charge < -0.3 is 0 Å². The van der Waals surface area contributed by atoms with E-state index in [1.54, 1.807) is 6.20 Å². The topological polar surface area (TPSA) is 38.7 Å². The maximum Gasteiger partial charge on any atom is 0.0988 e. The molecule has 0 bridgehead atoms. The summed E-state index contributed by atoms with van der Waals surface area (Å²) in [7, 11) is 0. The summed E-state index contributed by atoms with van der Waals surface area (Å²) in [6.07, 6.45) is 1.80. The van der Waals surface area contributed by atoms with Crippen molar-refractivity contribution in [3.05, 3.63) is 66.0 Å². The fourth-order valence-electron chi connectivity index (χ4n) is 2.74. The average molecular weight is 285 g/mol. The molecule has 0 fully saturated rings. The molecule has 106 valence electrons. The minimum absolute atomic E-state index is 0.909. The number of pyridine rings is 1. The Hall–Kier alpha value is -2.81. The molecular weight excluding hydrogens is 270 g/mol. The zero-order valence-corrected chi connectivity index (χ0v) is 12.5. The number of aromatic nitrogens is 3. The molecule has 0 spiro atoms. The van der Waals surface area contributed by atoms with E-state index in [4.69, 9.17) is 9.97 Å². The summed E-state index contributed by atoms with van der Waals surface area (Å²) in [5, 5.41) is 1.04. The third kappa shape index (κ3) is 2.02. The van der Waals surface area contributed by atoms with E-state index in [1.165, 1.54) is 5.56 Å². The van der Waals surface area contributed by atoms with E-state index >= 15 is 0 Å². The Morgan fingerprint density at radius 1 is 0.773 bits per heavy atom. The highest BCUT2D eigenvalue weighted by molar-refractivity contribution is 6.02. The molecule has 0 saturated heterocycles. The molecule has 2 aromatic heterocycles. The number of rotatable bonds is 1. The lowest BCUT2D eigenvalue weighted by Gasteiger charge is -2.09. The molecule has 22 heavy (non-hydrogen) atoms. The molecule has 2 heterocycles. The fraction of sp³-hybridized carbons (Fsp3) is 0.105. The van der Waals surface area contributed by atoms with E-state index in [2.05, 4.69) is 36.2 Å². The SMILES string of the molecule is Cc1ccc(-c2nc3c(ccc4ncccc43)nc2C)cc1. The van der Waals surface area contributed by atoms with Crippen molar-refractivity contribution in [1.82, 2.24) is 15.0 Å². The first-order valence-electron chi connectivity index (χ1n) is 7.31. The summed E-state index contributed by atoms with van der Waals surface area (Å²) in [4.78, 5) is 14.0. The Labute approximate surface area is 128 Å². The standard InChI is InChI=1S/C19H15N3/c1-12-5-7-14(8-6-12)18-13(2)21-17-10-9-16-15(19(17)22-18)4-3-11-20-16/h3-11H,1-2H3.